The van der Waals surface area contributed by atoms with Gasteiger partial charge in [0.05, 0.1) is 11.0 Å². The van der Waals surface area contributed by atoms with Crippen LogP contribution in [0.25, 0.3) is 11.0 Å². The van der Waals surface area contributed by atoms with Crippen molar-refractivity contribution in [3.05, 3.63) is 65.5 Å². The fourth-order valence-electron chi connectivity index (χ4n) is 4.14. The number of nitrogens with zero attached hydrogens (tertiary/aromatic N) is 4. The molecule has 1 saturated heterocycles. The number of benzene rings is 2. The molecular weight excluding hydrogens is 384 g/mol. The third-order valence-corrected chi connectivity index (χ3v) is 7.65. The Hall–Kier alpha value is -2.22. The van der Waals surface area contributed by atoms with Crippen LogP contribution < -0.4 is 0 Å². The minimum absolute atomic E-state index is 0.251. The summed E-state index contributed by atoms with van der Waals surface area (Å²) in [7, 11) is -0.182. The van der Waals surface area contributed by atoms with Crippen molar-refractivity contribution in [3.8, 4) is 0 Å². The molecule has 0 radical (unpaired) electrons. The van der Waals surface area contributed by atoms with E-state index in [4.69, 9.17) is 4.98 Å². The maximum absolute atomic E-state index is 12.4. The van der Waals surface area contributed by atoms with Crippen molar-refractivity contribution < 1.29 is 8.42 Å². The maximum Gasteiger partial charge on any atom is 0.281 e. The van der Waals surface area contributed by atoms with E-state index in [2.05, 4.69) is 47.9 Å². The summed E-state index contributed by atoms with van der Waals surface area (Å²) in [4.78, 5) is 4.96. The quantitative estimate of drug-likeness (QED) is 0.646. The van der Waals surface area contributed by atoms with Crippen LogP contribution in [0.4, 0.5) is 0 Å². The Balaban J connectivity index is 1.64. The molecule has 4 rings (SSSR count). The van der Waals surface area contributed by atoms with Crippen molar-refractivity contribution in [2.24, 2.45) is 0 Å². The number of fused-ring (bicyclic) bond motifs is 1. The first kappa shape index (κ1) is 20.1. The minimum atomic E-state index is -3.35. The van der Waals surface area contributed by atoms with E-state index in [0.29, 0.717) is 13.1 Å². The molecular formula is C22H28N4O2S. The molecule has 1 aliphatic rings. The summed E-state index contributed by atoms with van der Waals surface area (Å²) in [6, 6.07) is 16.8. The second-order valence-corrected chi connectivity index (χ2v) is 10.1. The van der Waals surface area contributed by atoms with Gasteiger partial charge >= 0.3 is 0 Å². The van der Waals surface area contributed by atoms with Crippen LogP contribution >= 0.6 is 0 Å². The van der Waals surface area contributed by atoms with Gasteiger partial charge in [0.2, 0.25) is 0 Å². The number of hydrogen-bond acceptors (Lipinski definition) is 3. The second kappa shape index (κ2) is 7.89. The van der Waals surface area contributed by atoms with Gasteiger partial charge in [0.15, 0.2) is 0 Å². The van der Waals surface area contributed by atoms with Crippen LogP contribution in [0.3, 0.4) is 0 Å². The van der Waals surface area contributed by atoms with Gasteiger partial charge in [-0.15, -0.1) is 0 Å². The van der Waals surface area contributed by atoms with Gasteiger partial charge in [-0.1, -0.05) is 42.0 Å². The first-order valence-electron chi connectivity index (χ1n) is 10.0. The molecule has 1 fully saturated rings. The summed E-state index contributed by atoms with van der Waals surface area (Å²) in [5.41, 5.74) is 4.63. The van der Waals surface area contributed by atoms with Gasteiger partial charge in [0.1, 0.15) is 5.82 Å². The van der Waals surface area contributed by atoms with E-state index < -0.39 is 10.2 Å². The first-order chi connectivity index (χ1) is 13.9. The van der Waals surface area contributed by atoms with Gasteiger partial charge in [-0.3, -0.25) is 0 Å². The van der Waals surface area contributed by atoms with Crippen molar-refractivity contribution >= 4 is 21.2 Å². The van der Waals surface area contributed by atoms with Crippen LogP contribution in [0.1, 0.15) is 35.7 Å². The number of imidazole rings is 1. The molecule has 0 aliphatic carbocycles. The largest absolute Gasteiger partial charge is 0.323 e. The van der Waals surface area contributed by atoms with Crippen LogP contribution in [-0.4, -0.2) is 53.8 Å². The monoisotopic (exact) mass is 412 g/mol. The molecule has 0 amide bonds. The van der Waals surface area contributed by atoms with E-state index in [-0.39, 0.29) is 5.92 Å². The molecule has 0 unspecified atom stereocenters. The highest BCUT2D eigenvalue weighted by Crippen LogP contribution is 2.32. The highest BCUT2D eigenvalue weighted by molar-refractivity contribution is 7.86. The van der Waals surface area contributed by atoms with Crippen LogP contribution in [0.5, 0.6) is 0 Å². The molecule has 0 N–H and O–H groups in total. The second-order valence-electron chi connectivity index (χ2n) is 8.00. The number of piperidine rings is 1. The van der Waals surface area contributed by atoms with Crippen LogP contribution in [0.2, 0.25) is 0 Å². The Morgan fingerprint density at radius 3 is 2.48 bits per heavy atom. The lowest BCUT2D eigenvalue weighted by molar-refractivity contribution is 0.295. The van der Waals surface area contributed by atoms with E-state index in [0.717, 1.165) is 36.2 Å². The topological polar surface area (TPSA) is 58.4 Å². The van der Waals surface area contributed by atoms with E-state index in [1.807, 2.05) is 12.1 Å². The summed E-state index contributed by atoms with van der Waals surface area (Å²) in [5, 5.41) is 0. The molecule has 3 aromatic rings. The number of rotatable bonds is 5. The van der Waals surface area contributed by atoms with E-state index >= 15 is 0 Å². The van der Waals surface area contributed by atoms with Gasteiger partial charge in [-0.05, 0) is 37.5 Å². The Morgan fingerprint density at radius 2 is 1.79 bits per heavy atom. The van der Waals surface area contributed by atoms with Crippen molar-refractivity contribution in [1.82, 2.24) is 18.2 Å². The zero-order chi connectivity index (χ0) is 20.6. The van der Waals surface area contributed by atoms with Gasteiger partial charge in [-0.2, -0.15) is 17.0 Å². The van der Waals surface area contributed by atoms with Gasteiger partial charge < -0.3 is 4.57 Å². The predicted molar refractivity (Wildman–Crippen MR) is 116 cm³/mol. The standard InChI is InChI=1S/C22H28N4O2S/c1-17-7-6-8-18(15-17)16-26-21-10-5-4-9-20(21)23-22(26)19-11-13-25(14-12-19)29(27,28)24(2)3/h4-10,15,19H,11-14,16H2,1-3H3. The van der Waals surface area contributed by atoms with Crippen molar-refractivity contribution in [1.29, 1.82) is 0 Å². The third-order valence-electron chi connectivity index (χ3n) is 5.71. The lowest BCUT2D eigenvalue weighted by atomic mass is 9.97. The van der Waals surface area contributed by atoms with E-state index in [1.54, 1.807) is 18.4 Å². The lowest BCUT2D eigenvalue weighted by Crippen LogP contribution is -2.44. The van der Waals surface area contributed by atoms with Gasteiger partial charge in [0.25, 0.3) is 10.2 Å². The van der Waals surface area contributed by atoms with Crippen molar-refractivity contribution in [2.45, 2.75) is 32.2 Å². The highest BCUT2D eigenvalue weighted by atomic mass is 32.2. The number of aromatic nitrogens is 2. The maximum atomic E-state index is 12.4. The molecule has 7 heteroatoms. The zero-order valence-electron chi connectivity index (χ0n) is 17.2. The molecule has 0 spiro atoms. The highest BCUT2D eigenvalue weighted by Gasteiger charge is 2.32. The lowest BCUT2D eigenvalue weighted by Gasteiger charge is -2.32. The number of hydrogen-bond donors (Lipinski definition) is 0. The Bertz CT molecular complexity index is 1110. The van der Waals surface area contributed by atoms with Crippen LogP contribution in [0.15, 0.2) is 48.5 Å². The summed E-state index contributed by atoms with van der Waals surface area (Å²) in [6.45, 7) is 3.93. The average Bonchev–Trinajstić information content (AvgIpc) is 3.06. The number of aryl methyl sites for hydroxylation is 1. The smallest absolute Gasteiger partial charge is 0.281 e. The molecule has 6 nitrogen and oxygen atoms in total. The fourth-order valence-corrected chi connectivity index (χ4v) is 5.27. The van der Waals surface area contributed by atoms with Crippen molar-refractivity contribution in [3.63, 3.8) is 0 Å². The zero-order valence-corrected chi connectivity index (χ0v) is 18.1. The van der Waals surface area contributed by atoms with Crippen LogP contribution in [0, 0.1) is 6.92 Å². The van der Waals surface area contributed by atoms with E-state index in [9.17, 15) is 8.42 Å². The van der Waals surface area contributed by atoms with Gasteiger partial charge in [-0.25, -0.2) is 4.98 Å². The fraction of sp³-hybridized carbons (Fsp3) is 0.409. The Labute approximate surface area is 173 Å². The van der Waals surface area contributed by atoms with Gasteiger partial charge in [0, 0.05) is 39.6 Å². The molecule has 2 heterocycles. The van der Waals surface area contributed by atoms with Crippen LogP contribution in [-0.2, 0) is 16.8 Å². The van der Waals surface area contributed by atoms with Crippen molar-refractivity contribution in [2.75, 3.05) is 27.2 Å². The predicted octanol–water partition coefficient (Wildman–Crippen LogP) is 3.38. The molecule has 29 heavy (non-hydrogen) atoms. The summed E-state index contributed by atoms with van der Waals surface area (Å²) in [6.07, 6.45) is 1.56. The number of para-hydroxylation sites is 2. The molecule has 2 aromatic carbocycles. The molecule has 0 bridgehead atoms. The minimum Gasteiger partial charge on any atom is -0.323 e. The SMILES string of the molecule is Cc1cccc(Cn2c(C3CCN(S(=O)(=O)N(C)C)CC3)nc3ccccc32)c1. The molecule has 1 aromatic heterocycles. The molecule has 0 atom stereocenters. The molecule has 154 valence electrons. The normalized spacial score (nSPS) is 16.7. The van der Waals surface area contributed by atoms with E-state index in [1.165, 1.54) is 15.4 Å². The Kier molecular flexibility index (Phi) is 5.46. The first-order valence-corrected chi connectivity index (χ1v) is 11.4. The summed E-state index contributed by atoms with van der Waals surface area (Å²) >= 11 is 0. The average molecular weight is 413 g/mol. The summed E-state index contributed by atoms with van der Waals surface area (Å²) < 4.78 is 30.1. The third kappa shape index (κ3) is 3.95. The Morgan fingerprint density at radius 1 is 1.07 bits per heavy atom. The molecule has 1 aliphatic heterocycles. The molecule has 0 saturated carbocycles. The summed E-state index contributed by atoms with van der Waals surface area (Å²) in [5.74, 6) is 1.32.